The molecule has 0 bridgehead atoms. The maximum absolute atomic E-state index is 12.6. The molecule has 154 valence electrons. The molecule has 0 fully saturated rings. The lowest BCUT2D eigenvalue weighted by Crippen LogP contribution is -2.20. The predicted molar refractivity (Wildman–Crippen MR) is 102 cm³/mol. The van der Waals surface area contributed by atoms with Gasteiger partial charge in [0, 0.05) is 18.6 Å². The molecular formula is C20H16F3N5O2. The standard InChI is InChI=1S/C20H16F3N5O2/c21-20(22,23)14-4-6-17(7-5-14)30-13-19(29)26-15-9-24-28(11-15)12-16-10-27-8-2-1-3-18(27)25-16/h1-11H,12-13H2,(H,26,29). The third-order valence-corrected chi connectivity index (χ3v) is 4.21. The van der Waals surface area contributed by atoms with Crippen LogP contribution in [0.15, 0.2) is 67.3 Å². The summed E-state index contributed by atoms with van der Waals surface area (Å²) in [6.45, 7) is 0.0859. The fourth-order valence-electron chi connectivity index (χ4n) is 2.83. The van der Waals surface area contributed by atoms with Crippen molar-refractivity contribution in [3.05, 3.63) is 78.5 Å². The molecule has 0 aliphatic carbocycles. The Bertz CT molecular complexity index is 1130. The number of carbonyl (C=O) groups excluding carboxylic acids is 1. The Morgan fingerprint density at radius 1 is 1.10 bits per heavy atom. The normalized spacial score (nSPS) is 11.6. The third kappa shape index (κ3) is 4.59. The summed E-state index contributed by atoms with van der Waals surface area (Å²) in [6, 6.07) is 9.85. The summed E-state index contributed by atoms with van der Waals surface area (Å²) in [4.78, 5) is 16.5. The van der Waals surface area contributed by atoms with E-state index in [-0.39, 0.29) is 12.4 Å². The van der Waals surface area contributed by atoms with E-state index in [2.05, 4.69) is 15.4 Å². The van der Waals surface area contributed by atoms with Crippen LogP contribution in [0.5, 0.6) is 5.75 Å². The lowest BCUT2D eigenvalue weighted by atomic mass is 10.2. The van der Waals surface area contributed by atoms with Gasteiger partial charge < -0.3 is 14.5 Å². The molecule has 1 aromatic carbocycles. The predicted octanol–water partition coefficient (Wildman–Crippen LogP) is 3.62. The lowest BCUT2D eigenvalue weighted by Gasteiger charge is -2.09. The molecule has 3 aromatic heterocycles. The number of imidazole rings is 1. The van der Waals surface area contributed by atoms with E-state index in [9.17, 15) is 18.0 Å². The number of hydrogen-bond acceptors (Lipinski definition) is 4. The highest BCUT2D eigenvalue weighted by molar-refractivity contribution is 5.91. The Balaban J connectivity index is 1.30. The van der Waals surface area contributed by atoms with Gasteiger partial charge in [-0.05, 0) is 36.4 Å². The van der Waals surface area contributed by atoms with Gasteiger partial charge in [0.2, 0.25) is 0 Å². The Morgan fingerprint density at radius 2 is 1.90 bits per heavy atom. The Labute approximate surface area is 168 Å². The van der Waals surface area contributed by atoms with Gasteiger partial charge in [0.1, 0.15) is 11.4 Å². The average Bonchev–Trinajstić information content (AvgIpc) is 3.32. The third-order valence-electron chi connectivity index (χ3n) is 4.21. The fourth-order valence-corrected chi connectivity index (χ4v) is 2.83. The zero-order chi connectivity index (χ0) is 21.1. The molecule has 7 nitrogen and oxygen atoms in total. The smallest absolute Gasteiger partial charge is 0.416 e. The van der Waals surface area contributed by atoms with Crippen molar-refractivity contribution in [1.29, 1.82) is 0 Å². The molecule has 0 aliphatic heterocycles. The van der Waals surface area contributed by atoms with Gasteiger partial charge in [-0.25, -0.2) is 4.98 Å². The quantitative estimate of drug-likeness (QED) is 0.522. The highest BCUT2D eigenvalue weighted by Gasteiger charge is 2.30. The Kier molecular flexibility index (Phi) is 5.13. The van der Waals surface area contributed by atoms with Gasteiger partial charge >= 0.3 is 6.18 Å². The number of halogens is 3. The van der Waals surface area contributed by atoms with Crippen LogP contribution in [-0.2, 0) is 17.5 Å². The van der Waals surface area contributed by atoms with Crippen molar-refractivity contribution in [1.82, 2.24) is 19.2 Å². The SMILES string of the molecule is O=C(COc1ccc(C(F)(F)F)cc1)Nc1cnn(Cc2cn3ccccc3n2)c1. The van der Waals surface area contributed by atoms with Gasteiger partial charge in [0.25, 0.3) is 5.91 Å². The van der Waals surface area contributed by atoms with Crippen LogP contribution in [0.4, 0.5) is 18.9 Å². The number of aromatic nitrogens is 4. The van der Waals surface area contributed by atoms with Crippen LogP contribution in [0.25, 0.3) is 5.65 Å². The number of nitrogens with zero attached hydrogens (tertiary/aromatic N) is 4. The molecule has 0 aliphatic rings. The summed E-state index contributed by atoms with van der Waals surface area (Å²) in [7, 11) is 0. The largest absolute Gasteiger partial charge is 0.484 e. The molecule has 1 amide bonds. The van der Waals surface area contributed by atoms with E-state index in [1.54, 1.807) is 10.9 Å². The first-order chi connectivity index (χ1) is 14.4. The molecule has 1 N–H and O–H groups in total. The van der Waals surface area contributed by atoms with Crippen LogP contribution in [0, 0.1) is 0 Å². The summed E-state index contributed by atoms with van der Waals surface area (Å²) in [5.74, 6) is -0.289. The summed E-state index contributed by atoms with van der Waals surface area (Å²) >= 11 is 0. The molecule has 0 saturated heterocycles. The number of benzene rings is 1. The van der Waals surface area contributed by atoms with E-state index < -0.39 is 17.6 Å². The second-order valence-corrected chi connectivity index (χ2v) is 6.48. The maximum atomic E-state index is 12.6. The number of rotatable bonds is 6. The number of pyridine rings is 1. The molecule has 4 aromatic rings. The van der Waals surface area contributed by atoms with Gasteiger partial charge in [-0.2, -0.15) is 18.3 Å². The molecule has 4 rings (SSSR count). The second-order valence-electron chi connectivity index (χ2n) is 6.48. The van der Waals surface area contributed by atoms with Crippen molar-refractivity contribution in [2.24, 2.45) is 0 Å². The topological polar surface area (TPSA) is 73.5 Å². The first-order valence-electron chi connectivity index (χ1n) is 8.92. The maximum Gasteiger partial charge on any atom is 0.416 e. The molecular weight excluding hydrogens is 399 g/mol. The molecule has 30 heavy (non-hydrogen) atoms. The first kappa shape index (κ1) is 19.5. The summed E-state index contributed by atoms with van der Waals surface area (Å²) in [6.07, 6.45) is 2.52. The van der Waals surface area contributed by atoms with Crippen molar-refractivity contribution < 1.29 is 22.7 Å². The van der Waals surface area contributed by atoms with Crippen LogP contribution in [0.3, 0.4) is 0 Å². The van der Waals surface area contributed by atoms with Crippen LogP contribution < -0.4 is 10.1 Å². The van der Waals surface area contributed by atoms with Crippen molar-refractivity contribution in [2.45, 2.75) is 12.7 Å². The number of hydrogen-bond donors (Lipinski definition) is 1. The van der Waals surface area contributed by atoms with Crippen molar-refractivity contribution >= 4 is 17.2 Å². The lowest BCUT2D eigenvalue weighted by molar-refractivity contribution is -0.137. The van der Waals surface area contributed by atoms with Gasteiger partial charge in [-0.1, -0.05) is 6.07 Å². The number of amides is 1. The zero-order valence-electron chi connectivity index (χ0n) is 15.5. The minimum atomic E-state index is -4.42. The Hall–Kier alpha value is -3.82. The summed E-state index contributed by atoms with van der Waals surface area (Å²) in [5.41, 5.74) is 1.33. The van der Waals surface area contributed by atoms with Crippen molar-refractivity contribution in [3.63, 3.8) is 0 Å². The average molecular weight is 415 g/mol. The van der Waals surface area contributed by atoms with Gasteiger partial charge in [-0.3, -0.25) is 9.48 Å². The summed E-state index contributed by atoms with van der Waals surface area (Å²) < 4.78 is 46.4. The molecule has 0 saturated carbocycles. The minimum Gasteiger partial charge on any atom is -0.484 e. The number of ether oxygens (including phenoxy) is 1. The van der Waals surface area contributed by atoms with E-state index >= 15 is 0 Å². The van der Waals surface area contributed by atoms with E-state index in [4.69, 9.17) is 4.74 Å². The number of nitrogens with one attached hydrogen (secondary N) is 1. The Morgan fingerprint density at radius 3 is 2.63 bits per heavy atom. The second kappa shape index (κ2) is 7.90. The molecule has 10 heteroatoms. The highest BCUT2D eigenvalue weighted by Crippen LogP contribution is 2.30. The molecule has 3 heterocycles. The van der Waals surface area contributed by atoms with E-state index in [1.165, 1.54) is 18.3 Å². The van der Waals surface area contributed by atoms with Crippen LogP contribution in [0.1, 0.15) is 11.3 Å². The zero-order valence-corrected chi connectivity index (χ0v) is 15.5. The monoisotopic (exact) mass is 415 g/mol. The van der Waals surface area contributed by atoms with E-state index in [0.717, 1.165) is 23.5 Å². The van der Waals surface area contributed by atoms with Gasteiger partial charge in [0.15, 0.2) is 6.61 Å². The molecule has 0 radical (unpaired) electrons. The van der Waals surface area contributed by atoms with Crippen LogP contribution in [0.2, 0.25) is 0 Å². The number of alkyl halides is 3. The first-order valence-corrected chi connectivity index (χ1v) is 8.92. The molecule has 0 spiro atoms. The molecule has 0 unspecified atom stereocenters. The summed E-state index contributed by atoms with van der Waals surface area (Å²) in [5, 5.41) is 6.82. The number of anilines is 1. The fraction of sp³-hybridized carbons (Fsp3) is 0.150. The van der Waals surface area contributed by atoms with Crippen molar-refractivity contribution in [2.75, 3.05) is 11.9 Å². The number of carbonyl (C=O) groups is 1. The van der Waals surface area contributed by atoms with Crippen LogP contribution >= 0.6 is 0 Å². The van der Waals surface area contributed by atoms with Gasteiger partial charge in [-0.15, -0.1) is 0 Å². The molecule has 0 atom stereocenters. The van der Waals surface area contributed by atoms with Crippen molar-refractivity contribution in [3.8, 4) is 5.75 Å². The van der Waals surface area contributed by atoms with Gasteiger partial charge in [0.05, 0.1) is 29.7 Å². The van der Waals surface area contributed by atoms with E-state index in [0.29, 0.717) is 12.2 Å². The van der Waals surface area contributed by atoms with E-state index in [1.807, 2.05) is 35.0 Å². The minimum absolute atomic E-state index is 0.167. The van der Waals surface area contributed by atoms with Crippen LogP contribution in [-0.4, -0.2) is 31.7 Å². The number of fused-ring (bicyclic) bond motifs is 1. The highest BCUT2D eigenvalue weighted by atomic mass is 19.4.